The zero-order chi connectivity index (χ0) is 15.1. The maximum absolute atomic E-state index is 10.4. The molecule has 2 N–H and O–H groups in total. The first-order valence-corrected chi connectivity index (χ1v) is 6.51. The lowest BCUT2D eigenvalue weighted by Gasteiger charge is -2.07. The summed E-state index contributed by atoms with van der Waals surface area (Å²) in [5.74, 6) is -1.05. The van der Waals surface area contributed by atoms with Crippen molar-refractivity contribution in [3.05, 3.63) is 12.2 Å². The summed E-state index contributed by atoms with van der Waals surface area (Å²) >= 11 is 0. The van der Waals surface area contributed by atoms with Gasteiger partial charge in [0.15, 0.2) is 0 Å². The fourth-order valence-electron chi connectivity index (χ4n) is 1.13. The van der Waals surface area contributed by atoms with Gasteiger partial charge in [-0.05, 0) is 6.42 Å². The van der Waals surface area contributed by atoms with Gasteiger partial charge in [-0.3, -0.25) is 0 Å². The second kappa shape index (κ2) is 14.4. The Morgan fingerprint density at radius 2 is 1.35 bits per heavy atom. The number of hydrogen-bond acceptors (Lipinski definition) is 6. The number of ether oxygens (including phenoxy) is 4. The van der Waals surface area contributed by atoms with E-state index in [4.69, 9.17) is 29.2 Å². The van der Waals surface area contributed by atoms with Crippen molar-refractivity contribution in [1.82, 2.24) is 0 Å². The number of carbonyl (C=O) groups is 1. The fourth-order valence-corrected chi connectivity index (χ4v) is 1.13. The number of hydrogen-bond donors (Lipinski definition) is 2. The molecule has 0 atom stereocenters. The molecule has 0 aliphatic rings. The minimum atomic E-state index is -1.05. The molecule has 0 aliphatic carbocycles. The molecular weight excluding hydrogens is 268 g/mol. The summed E-state index contributed by atoms with van der Waals surface area (Å²) < 4.78 is 20.6. The van der Waals surface area contributed by atoms with E-state index < -0.39 is 5.97 Å². The summed E-state index contributed by atoms with van der Waals surface area (Å²) in [5.41, 5.74) is 0.0295. The molecule has 7 nitrogen and oxygen atoms in total. The predicted molar refractivity (Wildman–Crippen MR) is 71.8 cm³/mol. The number of carboxylic acids is 1. The molecule has 0 aliphatic heterocycles. The third kappa shape index (κ3) is 13.4. The molecule has 0 spiro atoms. The van der Waals surface area contributed by atoms with Gasteiger partial charge in [-0.25, -0.2) is 4.79 Å². The largest absolute Gasteiger partial charge is 0.478 e. The first-order valence-electron chi connectivity index (χ1n) is 6.51. The summed E-state index contributed by atoms with van der Waals surface area (Å²) in [4.78, 5) is 10.4. The number of carboxylic acid groups (broad SMARTS) is 1. The van der Waals surface area contributed by atoms with Crippen LogP contribution in [-0.2, 0) is 23.7 Å². The van der Waals surface area contributed by atoms with Gasteiger partial charge < -0.3 is 29.2 Å². The highest BCUT2D eigenvalue weighted by Gasteiger charge is 2.02. The summed E-state index contributed by atoms with van der Waals surface area (Å²) in [5, 5.41) is 17.0. The molecule has 0 unspecified atom stereocenters. The molecule has 7 heteroatoms. The minimum absolute atomic E-state index is 0.00957. The average molecular weight is 292 g/mol. The molecule has 0 radical (unpaired) electrons. The van der Waals surface area contributed by atoms with Gasteiger partial charge in [0.1, 0.15) is 0 Å². The van der Waals surface area contributed by atoms with Crippen molar-refractivity contribution in [3.63, 3.8) is 0 Å². The van der Waals surface area contributed by atoms with Gasteiger partial charge >= 0.3 is 5.97 Å². The van der Waals surface area contributed by atoms with Gasteiger partial charge in [-0.2, -0.15) is 0 Å². The molecule has 0 amide bonds. The molecule has 0 rings (SSSR count). The summed E-state index contributed by atoms with van der Waals surface area (Å²) in [7, 11) is 0. The molecule has 0 aromatic carbocycles. The highest BCUT2D eigenvalue weighted by Crippen LogP contribution is 1.92. The maximum Gasteiger partial charge on any atom is 0.333 e. The van der Waals surface area contributed by atoms with Gasteiger partial charge in [0, 0.05) is 13.2 Å². The molecule has 118 valence electrons. The van der Waals surface area contributed by atoms with Crippen molar-refractivity contribution >= 4 is 5.97 Å². The van der Waals surface area contributed by atoms with E-state index >= 15 is 0 Å². The predicted octanol–water partition coefficient (Wildman–Crippen LogP) is 0.0760. The second-order valence-electron chi connectivity index (χ2n) is 3.88. The number of rotatable bonds is 15. The minimum Gasteiger partial charge on any atom is -0.478 e. The Balaban J connectivity index is 3.06. The lowest BCUT2D eigenvalue weighted by molar-refractivity contribution is -0.133. The lowest BCUT2D eigenvalue weighted by atomic mass is 10.3. The van der Waals surface area contributed by atoms with E-state index in [1.165, 1.54) is 0 Å². The van der Waals surface area contributed by atoms with Crippen molar-refractivity contribution in [2.45, 2.75) is 6.42 Å². The Labute approximate surface area is 119 Å². The third-order valence-corrected chi connectivity index (χ3v) is 2.14. The first kappa shape index (κ1) is 19.0. The van der Waals surface area contributed by atoms with Crippen LogP contribution in [0.5, 0.6) is 0 Å². The van der Waals surface area contributed by atoms with Crippen LogP contribution in [0.25, 0.3) is 0 Å². The van der Waals surface area contributed by atoms with Crippen LogP contribution in [0.15, 0.2) is 12.2 Å². The van der Waals surface area contributed by atoms with E-state index in [0.717, 1.165) is 6.42 Å². The van der Waals surface area contributed by atoms with E-state index in [0.29, 0.717) is 46.2 Å². The molecule has 0 fully saturated rings. The van der Waals surface area contributed by atoms with Crippen LogP contribution in [0, 0.1) is 0 Å². The van der Waals surface area contributed by atoms with Crippen LogP contribution in [0.2, 0.25) is 0 Å². The summed E-state index contributed by atoms with van der Waals surface area (Å²) in [6.45, 7) is 6.57. The third-order valence-electron chi connectivity index (χ3n) is 2.14. The van der Waals surface area contributed by atoms with E-state index in [1.807, 2.05) is 0 Å². The summed E-state index contributed by atoms with van der Waals surface area (Å²) in [6, 6.07) is 0. The Morgan fingerprint density at radius 1 is 0.850 bits per heavy atom. The molecule has 20 heavy (non-hydrogen) atoms. The van der Waals surface area contributed by atoms with Gasteiger partial charge in [-0.15, -0.1) is 0 Å². The molecular formula is C13H24O7. The van der Waals surface area contributed by atoms with Crippen LogP contribution in [0.1, 0.15) is 6.42 Å². The topological polar surface area (TPSA) is 94.5 Å². The maximum atomic E-state index is 10.4. The van der Waals surface area contributed by atoms with Crippen molar-refractivity contribution in [1.29, 1.82) is 0 Å². The van der Waals surface area contributed by atoms with Gasteiger partial charge in [0.25, 0.3) is 0 Å². The van der Waals surface area contributed by atoms with Crippen LogP contribution < -0.4 is 0 Å². The highest BCUT2D eigenvalue weighted by molar-refractivity contribution is 5.85. The normalized spacial score (nSPS) is 10.7. The van der Waals surface area contributed by atoms with Gasteiger partial charge in [-0.1, -0.05) is 6.58 Å². The van der Waals surface area contributed by atoms with Crippen LogP contribution in [-0.4, -0.2) is 75.6 Å². The zero-order valence-electron chi connectivity index (χ0n) is 11.7. The quantitative estimate of drug-likeness (QED) is 0.326. The number of aliphatic carboxylic acids is 1. The molecule has 0 saturated carbocycles. The highest BCUT2D eigenvalue weighted by atomic mass is 16.5. The zero-order valence-corrected chi connectivity index (χ0v) is 11.7. The van der Waals surface area contributed by atoms with Gasteiger partial charge in [0.05, 0.1) is 51.8 Å². The molecule has 0 aromatic heterocycles. The summed E-state index contributed by atoms with van der Waals surface area (Å²) in [6.07, 6.45) is 0.766. The lowest BCUT2D eigenvalue weighted by Crippen LogP contribution is -2.12. The van der Waals surface area contributed by atoms with E-state index in [2.05, 4.69) is 6.58 Å². The Kier molecular flexibility index (Phi) is 13.7. The van der Waals surface area contributed by atoms with Crippen molar-refractivity contribution in [3.8, 4) is 0 Å². The second-order valence-corrected chi connectivity index (χ2v) is 3.88. The Morgan fingerprint density at radius 3 is 1.85 bits per heavy atom. The standard InChI is InChI=1S/C13H24O7/c1-12(13(15)16)11-20-10-9-18-5-2-4-17-7-8-19-6-3-14/h14H,1-11H2,(H,15,16). The number of aliphatic hydroxyl groups is 1. The molecule has 0 saturated heterocycles. The van der Waals surface area contributed by atoms with E-state index in [1.54, 1.807) is 0 Å². The Hall–Kier alpha value is -0.990. The van der Waals surface area contributed by atoms with Crippen molar-refractivity contribution in [2.75, 3.05) is 59.5 Å². The average Bonchev–Trinajstić information content (AvgIpc) is 2.43. The van der Waals surface area contributed by atoms with Gasteiger partial charge in [0.2, 0.25) is 0 Å². The smallest absolute Gasteiger partial charge is 0.333 e. The molecule has 0 bridgehead atoms. The molecule has 0 heterocycles. The molecule has 0 aromatic rings. The fraction of sp³-hybridized carbons (Fsp3) is 0.769. The van der Waals surface area contributed by atoms with Crippen LogP contribution in [0.3, 0.4) is 0 Å². The SMILES string of the molecule is C=C(COCCOCCCOCCOCCO)C(=O)O. The van der Waals surface area contributed by atoms with E-state index in [-0.39, 0.29) is 18.8 Å². The monoisotopic (exact) mass is 292 g/mol. The van der Waals surface area contributed by atoms with Crippen LogP contribution in [0.4, 0.5) is 0 Å². The number of aliphatic hydroxyl groups excluding tert-OH is 1. The van der Waals surface area contributed by atoms with Crippen LogP contribution >= 0.6 is 0 Å². The van der Waals surface area contributed by atoms with Crippen molar-refractivity contribution < 1.29 is 34.0 Å². The Bertz CT molecular complexity index is 255. The first-order chi connectivity index (χ1) is 9.68. The van der Waals surface area contributed by atoms with Crippen molar-refractivity contribution in [2.24, 2.45) is 0 Å². The van der Waals surface area contributed by atoms with E-state index in [9.17, 15) is 4.79 Å².